The lowest BCUT2D eigenvalue weighted by Crippen LogP contribution is -2.19. The van der Waals surface area contributed by atoms with Gasteiger partial charge in [0.15, 0.2) is 11.6 Å². The Morgan fingerprint density at radius 2 is 1.67 bits per heavy atom. The highest BCUT2D eigenvalue weighted by molar-refractivity contribution is 6.44. The van der Waals surface area contributed by atoms with Crippen molar-refractivity contribution in [3.8, 4) is 0 Å². The Morgan fingerprint density at radius 3 is 2.33 bits per heavy atom. The monoisotopic (exact) mass is 349 g/mol. The molecular formula is C15H12Cl3F2N. The van der Waals surface area contributed by atoms with Crippen molar-refractivity contribution in [1.82, 2.24) is 5.32 Å². The second kappa shape index (κ2) is 6.93. The first-order valence-corrected chi connectivity index (χ1v) is 7.34. The van der Waals surface area contributed by atoms with Gasteiger partial charge in [0.2, 0.25) is 0 Å². The normalized spacial score (nSPS) is 12.5. The van der Waals surface area contributed by atoms with Crippen molar-refractivity contribution in [3.63, 3.8) is 0 Å². The Balaban J connectivity index is 2.12. The van der Waals surface area contributed by atoms with Gasteiger partial charge in [0, 0.05) is 23.2 Å². The van der Waals surface area contributed by atoms with E-state index in [0.717, 1.165) is 12.1 Å². The molecule has 2 aromatic rings. The number of hydrogen-bond donors (Lipinski definition) is 1. The molecule has 0 saturated carbocycles. The molecule has 1 N–H and O–H groups in total. The van der Waals surface area contributed by atoms with E-state index in [4.69, 9.17) is 34.8 Å². The van der Waals surface area contributed by atoms with Gasteiger partial charge in [-0.1, -0.05) is 40.9 Å². The van der Waals surface area contributed by atoms with Crippen LogP contribution in [0.15, 0.2) is 30.3 Å². The van der Waals surface area contributed by atoms with Crippen molar-refractivity contribution in [1.29, 1.82) is 0 Å². The van der Waals surface area contributed by atoms with E-state index in [2.05, 4.69) is 5.32 Å². The number of hydrogen-bond acceptors (Lipinski definition) is 1. The summed E-state index contributed by atoms with van der Waals surface area (Å²) in [5.74, 6) is -1.74. The molecule has 0 aromatic heterocycles. The number of rotatable bonds is 4. The zero-order valence-corrected chi connectivity index (χ0v) is 13.3. The molecule has 0 aliphatic carbocycles. The van der Waals surface area contributed by atoms with Crippen molar-refractivity contribution < 1.29 is 8.78 Å². The van der Waals surface area contributed by atoms with E-state index in [1.165, 1.54) is 6.07 Å². The van der Waals surface area contributed by atoms with Gasteiger partial charge in [0.1, 0.15) is 0 Å². The van der Waals surface area contributed by atoms with Crippen molar-refractivity contribution >= 4 is 34.8 Å². The van der Waals surface area contributed by atoms with Crippen LogP contribution < -0.4 is 5.32 Å². The fraction of sp³-hybridized carbons (Fsp3) is 0.200. The van der Waals surface area contributed by atoms with E-state index in [0.29, 0.717) is 32.7 Å². The minimum absolute atomic E-state index is 0.203. The predicted octanol–water partition coefficient (Wildman–Crippen LogP) is 5.78. The zero-order valence-electron chi connectivity index (χ0n) is 11.1. The van der Waals surface area contributed by atoms with Crippen LogP contribution in [0, 0.1) is 11.6 Å². The molecule has 0 aliphatic rings. The third kappa shape index (κ3) is 3.86. The molecule has 2 rings (SSSR count). The van der Waals surface area contributed by atoms with Crippen LogP contribution in [0.3, 0.4) is 0 Å². The lowest BCUT2D eigenvalue weighted by molar-refractivity contribution is 0.500. The third-order valence-corrected chi connectivity index (χ3v) is 4.37. The number of nitrogens with one attached hydrogen (secondary N) is 1. The van der Waals surface area contributed by atoms with E-state index < -0.39 is 11.6 Å². The van der Waals surface area contributed by atoms with Gasteiger partial charge < -0.3 is 5.32 Å². The van der Waals surface area contributed by atoms with Crippen LogP contribution in [0.1, 0.15) is 24.1 Å². The molecule has 1 nitrogen and oxygen atoms in total. The Morgan fingerprint density at radius 1 is 1.00 bits per heavy atom. The summed E-state index contributed by atoms with van der Waals surface area (Å²) >= 11 is 18.1. The van der Waals surface area contributed by atoms with Gasteiger partial charge in [-0.05, 0) is 36.8 Å². The van der Waals surface area contributed by atoms with Gasteiger partial charge in [-0.25, -0.2) is 8.78 Å². The van der Waals surface area contributed by atoms with Crippen molar-refractivity contribution in [2.45, 2.75) is 19.5 Å². The van der Waals surface area contributed by atoms with E-state index in [9.17, 15) is 8.78 Å². The topological polar surface area (TPSA) is 12.0 Å². The summed E-state index contributed by atoms with van der Waals surface area (Å²) in [7, 11) is 0. The number of halogens is 5. The molecule has 21 heavy (non-hydrogen) atoms. The lowest BCUT2D eigenvalue weighted by atomic mass is 10.1. The quantitative estimate of drug-likeness (QED) is 0.690. The zero-order chi connectivity index (χ0) is 15.6. The van der Waals surface area contributed by atoms with Crippen molar-refractivity contribution in [2.24, 2.45) is 0 Å². The third-order valence-electron chi connectivity index (χ3n) is 3.17. The smallest absolute Gasteiger partial charge is 0.159 e. The minimum atomic E-state index is -0.875. The van der Waals surface area contributed by atoms with Crippen LogP contribution in [0.25, 0.3) is 0 Å². The van der Waals surface area contributed by atoms with Crippen LogP contribution in [0.2, 0.25) is 15.1 Å². The second-order valence-electron chi connectivity index (χ2n) is 4.60. The average molecular weight is 351 g/mol. The fourth-order valence-corrected chi connectivity index (χ4v) is 2.57. The maximum atomic E-state index is 13.2. The number of benzene rings is 2. The SMILES string of the molecule is CC(NCc1c(Cl)ccc(Cl)c1Cl)c1ccc(F)c(F)c1. The molecule has 2 aromatic carbocycles. The molecule has 0 saturated heterocycles. The Labute approximate surface area is 136 Å². The average Bonchev–Trinajstić information content (AvgIpc) is 2.45. The molecule has 0 amide bonds. The fourth-order valence-electron chi connectivity index (χ4n) is 1.89. The summed E-state index contributed by atoms with van der Waals surface area (Å²) in [6.07, 6.45) is 0. The summed E-state index contributed by atoms with van der Waals surface area (Å²) < 4.78 is 26.1. The largest absolute Gasteiger partial charge is 0.306 e. The molecule has 0 heterocycles. The van der Waals surface area contributed by atoms with Gasteiger partial charge in [-0.15, -0.1) is 0 Å². The molecule has 1 atom stereocenters. The summed E-state index contributed by atoms with van der Waals surface area (Å²) in [6, 6.07) is 6.86. The van der Waals surface area contributed by atoms with Crippen LogP contribution in [-0.4, -0.2) is 0 Å². The highest BCUT2D eigenvalue weighted by atomic mass is 35.5. The van der Waals surface area contributed by atoms with Gasteiger partial charge in [0.25, 0.3) is 0 Å². The van der Waals surface area contributed by atoms with Crippen LogP contribution in [0.5, 0.6) is 0 Å². The standard InChI is InChI=1S/C15H12Cl3F2N/c1-8(9-2-5-13(19)14(20)6-9)21-7-10-11(16)3-4-12(17)15(10)18/h2-6,8,21H,7H2,1H3. The first kappa shape index (κ1) is 16.5. The summed E-state index contributed by atoms with van der Waals surface area (Å²) in [5, 5.41) is 4.45. The van der Waals surface area contributed by atoms with Crippen LogP contribution >= 0.6 is 34.8 Å². The highest BCUT2D eigenvalue weighted by Crippen LogP contribution is 2.31. The van der Waals surface area contributed by atoms with Gasteiger partial charge in [-0.3, -0.25) is 0 Å². The molecule has 0 fully saturated rings. The van der Waals surface area contributed by atoms with E-state index >= 15 is 0 Å². The van der Waals surface area contributed by atoms with E-state index in [1.807, 2.05) is 6.92 Å². The van der Waals surface area contributed by atoms with Crippen molar-refractivity contribution in [3.05, 3.63) is 68.2 Å². The molecular weight excluding hydrogens is 339 g/mol. The summed E-state index contributed by atoms with van der Waals surface area (Å²) in [6.45, 7) is 2.19. The predicted molar refractivity (Wildman–Crippen MR) is 83.1 cm³/mol. The molecule has 0 bridgehead atoms. The first-order valence-electron chi connectivity index (χ1n) is 6.21. The van der Waals surface area contributed by atoms with Gasteiger partial charge >= 0.3 is 0 Å². The molecule has 0 spiro atoms. The Kier molecular flexibility index (Phi) is 5.44. The first-order chi connectivity index (χ1) is 9.90. The maximum absolute atomic E-state index is 13.2. The van der Waals surface area contributed by atoms with Crippen LogP contribution in [-0.2, 0) is 6.54 Å². The Hall–Kier alpha value is -0.870. The van der Waals surface area contributed by atoms with Crippen molar-refractivity contribution in [2.75, 3.05) is 0 Å². The van der Waals surface area contributed by atoms with E-state index in [1.54, 1.807) is 12.1 Å². The van der Waals surface area contributed by atoms with Gasteiger partial charge in [0.05, 0.1) is 10.0 Å². The molecule has 112 valence electrons. The maximum Gasteiger partial charge on any atom is 0.159 e. The molecule has 6 heteroatoms. The summed E-state index contributed by atoms with van der Waals surface area (Å²) in [5.41, 5.74) is 1.29. The Bertz CT molecular complexity index is 662. The lowest BCUT2D eigenvalue weighted by Gasteiger charge is -2.16. The molecule has 0 aliphatic heterocycles. The van der Waals surface area contributed by atoms with Gasteiger partial charge in [-0.2, -0.15) is 0 Å². The minimum Gasteiger partial charge on any atom is -0.306 e. The van der Waals surface area contributed by atoms with E-state index in [-0.39, 0.29) is 6.04 Å². The second-order valence-corrected chi connectivity index (χ2v) is 5.79. The molecule has 1 unspecified atom stereocenters. The molecule has 0 radical (unpaired) electrons. The van der Waals surface area contributed by atoms with Crippen LogP contribution in [0.4, 0.5) is 8.78 Å². The summed E-state index contributed by atoms with van der Waals surface area (Å²) in [4.78, 5) is 0. The highest BCUT2D eigenvalue weighted by Gasteiger charge is 2.13.